The molecule has 0 saturated carbocycles. The second-order valence-corrected chi connectivity index (χ2v) is 3.89. The summed E-state index contributed by atoms with van der Waals surface area (Å²) >= 11 is 0. The third-order valence-corrected chi connectivity index (χ3v) is 2.61. The fourth-order valence-electron chi connectivity index (χ4n) is 1.68. The number of hydrogen-bond acceptors (Lipinski definition) is 3. The predicted molar refractivity (Wildman–Crippen MR) is 62.9 cm³/mol. The summed E-state index contributed by atoms with van der Waals surface area (Å²) in [5, 5.41) is 19.7. The smallest absolute Gasteiger partial charge is 0.144 e. The number of aliphatic hydroxyl groups excluding tert-OH is 1. The van der Waals surface area contributed by atoms with Crippen LogP contribution in [-0.4, -0.2) is 10.2 Å². The molecule has 1 unspecified atom stereocenters. The van der Waals surface area contributed by atoms with Crippen LogP contribution < -0.4 is 5.73 Å². The number of benzene rings is 2. The number of phenolic OH excluding ortho intramolecular Hbond substituents is 1. The van der Waals surface area contributed by atoms with E-state index in [4.69, 9.17) is 5.73 Å². The molecule has 4 N–H and O–H groups in total. The largest absolute Gasteiger partial charge is 0.505 e. The average Bonchev–Trinajstić information content (AvgIpc) is 2.34. The van der Waals surface area contributed by atoms with Gasteiger partial charge in [0.2, 0.25) is 0 Å². The molecule has 94 valence electrons. The minimum absolute atomic E-state index is 0.0564. The summed E-state index contributed by atoms with van der Waals surface area (Å²) in [5.74, 6) is -1.50. The van der Waals surface area contributed by atoms with Crippen molar-refractivity contribution in [2.45, 2.75) is 6.10 Å². The standard InChI is InChI=1S/C13H11F2NO2/c14-8-3-1-7(2-4-8)12(17)10-5-9(15)6-11(16)13(10)18/h1-6,12,17-18H,16H2. The summed E-state index contributed by atoms with van der Waals surface area (Å²) in [7, 11) is 0. The lowest BCUT2D eigenvalue weighted by atomic mass is 10.00. The lowest BCUT2D eigenvalue weighted by Crippen LogP contribution is -2.02. The molecule has 0 heterocycles. The lowest BCUT2D eigenvalue weighted by molar-refractivity contribution is 0.215. The van der Waals surface area contributed by atoms with Gasteiger partial charge in [-0.3, -0.25) is 0 Å². The number of halogens is 2. The minimum atomic E-state index is -1.27. The van der Waals surface area contributed by atoms with E-state index in [0.29, 0.717) is 5.56 Å². The Labute approximate surface area is 102 Å². The molecule has 0 aliphatic carbocycles. The third-order valence-electron chi connectivity index (χ3n) is 2.61. The Bertz CT molecular complexity index is 570. The Morgan fingerprint density at radius 1 is 1.00 bits per heavy atom. The van der Waals surface area contributed by atoms with Gasteiger partial charge < -0.3 is 15.9 Å². The Hall–Kier alpha value is -2.14. The summed E-state index contributed by atoms with van der Waals surface area (Å²) in [6, 6.07) is 6.97. The van der Waals surface area contributed by atoms with E-state index in [-0.39, 0.29) is 17.0 Å². The van der Waals surface area contributed by atoms with E-state index >= 15 is 0 Å². The Kier molecular flexibility index (Phi) is 3.16. The number of phenols is 1. The molecule has 0 spiro atoms. The molecule has 2 rings (SSSR count). The first kappa shape index (κ1) is 12.3. The van der Waals surface area contributed by atoms with E-state index in [1.807, 2.05) is 0 Å². The fourth-order valence-corrected chi connectivity index (χ4v) is 1.68. The first-order chi connectivity index (χ1) is 8.49. The molecular weight excluding hydrogens is 240 g/mol. The van der Waals surface area contributed by atoms with E-state index in [0.717, 1.165) is 24.3 Å². The van der Waals surface area contributed by atoms with Crippen LogP contribution in [0.2, 0.25) is 0 Å². The van der Waals surface area contributed by atoms with E-state index in [1.54, 1.807) is 0 Å². The van der Waals surface area contributed by atoms with Crippen molar-refractivity contribution >= 4 is 5.69 Å². The van der Waals surface area contributed by atoms with Crippen molar-refractivity contribution in [1.29, 1.82) is 0 Å². The normalized spacial score (nSPS) is 12.4. The van der Waals surface area contributed by atoms with Crippen molar-refractivity contribution < 1.29 is 19.0 Å². The number of rotatable bonds is 2. The maximum absolute atomic E-state index is 13.2. The first-order valence-corrected chi connectivity index (χ1v) is 5.20. The van der Waals surface area contributed by atoms with Gasteiger partial charge in [0.1, 0.15) is 23.5 Å². The monoisotopic (exact) mass is 251 g/mol. The van der Waals surface area contributed by atoms with Crippen molar-refractivity contribution in [1.82, 2.24) is 0 Å². The predicted octanol–water partition coefficient (Wildman–Crippen LogP) is 2.33. The van der Waals surface area contributed by atoms with Gasteiger partial charge >= 0.3 is 0 Å². The van der Waals surface area contributed by atoms with Crippen molar-refractivity contribution in [2.75, 3.05) is 5.73 Å². The molecule has 0 amide bonds. The van der Waals surface area contributed by atoms with E-state index in [2.05, 4.69) is 0 Å². The van der Waals surface area contributed by atoms with Crippen LogP contribution in [0.5, 0.6) is 5.75 Å². The van der Waals surface area contributed by atoms with Crippen LogP contribution in [0.15, 0.2) is 36.4 Å². The van der Waals surface area contributed by atoms with Gasteiger partial charge in [0.05, 0.1) is 5.69 Å². The maximum atomic E-state index is 13.2. The van der Waals surface area contributed by atoms with Crippen LogP contribution in [0, 0.1) is 11.6 Å². The number of nitrogens with two attached hydrogens (primary N) is 1. The topological polar surface area (TPSA) is 66.5 Å². The van der Waals surface area contributed by atoms with Gasteiger partial charge in [-0.2, -0.15) is 0 Å². The second-order valence-electron chi connectivity index (χ2n) is 3.89. The highest BCUT2D eigenvalue weighted by atomic mass is 19.1. The average molecular weight is 251 g/mol. The molecule has 0 saturated heterocycles. The zero-order chi connectivity index (χ0) is 13.3. The Morgan fingerprint density at radius 3 is 2.22 bits per heavy atom. The van der Waals surface area contributed by atoms with Crippen molar-refractivity contribution in [3.8, 4) is 5.75 Å². The number of aromatic hydroxyl groups is 1. The third kappa shape index (κ3) is 2.26. The van der Waals surface area contributed by atoms with Crippen molar-refractivity contribution in [3.05, 3.63) is 59.2 Å². The van der Waals surface area contributed by atoms with Crippen LogP contribution in [0.1, 0.15) is 17.2 Å². The van der Waals surface area contributed by atoms with Gasteiger partial charge in [0.15, 0.2) is 0 Å². The summed E-state index contributed by atoms with van der Waals surface area (Å²) in [4.78, 5) is 0. The van der Waals surface area contributed by atoms with Crippen LogP contribution in [0.25, 0.3) is 0 Å². The number of aliphatic hydroxyl groups is 1. The summed E-state index contributed by atoms with van der Waals surface area (Å²) in [5.41, 5.74) is 5.51. The fraction of sp³-hybridized carbons (Fsp3) is 0.0769. The lowest BCUT2D eigenvalue weighted by Gasteiger charge is -2.14. The molecule has 1 atom stereocenters. The molecule has 0 aromatic heterocycles. The molecular formula is C13H11F2NO2. The van der Waals surface area contributed by atoms with Crippen LogP contribution in [0.4, 0.5) is 14.5 Å². The van der Waals surface area contributed by atoms with E-state index < -0.39 is 17.7 Å². The minimum Gasteiger partial charge on any atom is -0.505 e. The van der Waals surface area contributed by atoms with Crippen molar-refractivity contribution in [2.24, 2.45) is 0 Å². The molecule has 18 heavy (non-hydrogen) atoms. The Balaban J connectivity index is 2.45. The summed E-state index contributed by atoms with van der Waals surface area (Å²) in [6.07, 6.45) is -1.27. The number of nitrogen functional groups attached to an aromatic ring is 1. The van der Waals surface area contributed by atoms with Crippen LogP contribution >= 0.6 is 0 Å². The van der Waals surface area contributed by atoms with Gasteiger partial charge in [0.25, 0.3) is 0 Å². The SMILES string of the molecule is Nc1cc(F)cc(C(O)c2ccc(F)cc2)c1O. The zero-order valence-corrected chi connectivity index (χ0v) is 9.27. The molecule has 3 nitrogen and oxygen atoms in total. The van der Waals surface area contributed by atoms with Gasteiger partial charge in [-0.25, -0.2) is 8.78 Å². The highest BCUT2D eigenvalue weighted by Crippen LogP contribution is 2.34. The molecule has 0 aliphatic rings. The number of hydrogen-bond donors (Lipinski definition) is 3. The Morgan fingerprint density at radius 2 is 1.61 bits per heavy atom. The molecule has 0 radical (unpaired) electrons. The molecule has 5 heteroatoms. The van der Waals surface area contributed by atoms with E-state index in [1.165, 1.54) is 12.1 Å². The van der Waals surface area contributed by atoms with Crippen LogP contribution in [0.3, 0.4) is 0 Å². The highest BCUT2D eigenvalue weighted by molar-refractivity contribution is 5.58. The highest BCUT2D eigenvalue weighted by Gasteiger charge is 2.17. The van der Waals surface area contributed by atoms with Gasteiger partial charge in [-0.05, 0) is 23.8 Å². The molecule has 0 aliphatic heterocycles. The van der Waals surface area contributed by atoms with Gasteiger partial charge in [-0.1, -0.05) is 12.1 Å². The van der Waals surface area contributed by atoms with Crippen LogP contribution in [-0.2, 0) is 0 Å². The summed E-state index contributed by atoms with van der Waals surface area (Å²) < 4.78 is 25.9. The molecule has 0 fully saturated rings. The molecule has 0 bridgehead atoms. The molecule has 2 aromatic rings. The van der Waals surface area contributed by atoms with Gasteiger partial charge in [-0.15, -0.1) is 0 Å². The van der Waals surface area contributed by atoms with Crippen molar-refractivity contribution in [3.63, 3.8) is 0 Å². The van der Waals surface area contributed by atoms with E-state index in [9.17, 15) is 19.0 Å². The van der Waals surface area contributed by atoms with Gasteiger partial charge in [0, 0.05) is 11.6 Å². The number of anilines is 1. The quantitative estimate of drug-likeness (QED) is 0.567. The first-order valence-electron chi connectivity index (χ1n) is 5.20. The second kappa shape index (κ2) is 4.62. The maximum Gasteiger partial charge on any atom is 0.144 e. The molecule has 2 aromatic carbocycles. The summed E-state index contributed by atoms with van der Waals surface area (Å²) in [6.45, 7) is 0. The zero-order valence-electron chi connectivity index (χ0n) is 9.27.